The van der Waals surface area contributed by atoms with E-state index in [0.717, 1.165) is 20.2 Å². The van der Waals surface area contributed by atoms with Gasteiger partial charge in [-0.3, -0.25) is 4.79 Å². The summed E-state index contributed by atoms with van der Waals surface area (Å²) < 4.78 is 1.82. The predicted molar refractivity (Wildman–Crippen MR) is 85.9 cm³/mol. The maximum Gasteiger partial charge on any atom is 0.248 e. The first-order valence-corrected chi connectivity index (χ1v) is 7.23. The van der Waals surface area contributed by atoms with Crippen LogP contribution in [-0.4, -0.2) is 5.91 Å². The molecule has 0 radical (unpaired) electrons. The first-order valence-electron chi connectivity index (χ1n) is 5.65. The van der Waals surface area contributed by atoms with E-state index in [-0.39, 0.29) is 5.91 Å². The number of carbonyl (C=O) groups excluding carboxylic acids is 1. The van der Waals surface area contributed by atoms with Crippen LogP contribution in [0.5, 0.6) is 0 Å². The lowest BCUT2D eigenvalue weighted by Crippen LogP contribution is -2.08. The highest BCUT2D eigenvalue weighted by atomic mass is 79.9. The Morgan fingerprint density at radius 1 is 0.947 bits per heavy atom. The minimum absolute atomic E-state index is 0.164. The second kappa shape index (κ2) is 6.68. The first kappa shape index (κ1) is 14.0. The molecule has 2 nitrogen and oxygen atoms in total. The number of hydrogen-bond donors (Lipinski definition) is 1. The third-order valence-electron chi connectivity index (χ3n) is 2.45. The minimum Gasteiger partial charge on any atom is -0.321 e. The van der Waals surface area contributed by atoms with Crippen molar-refractivity contribution in [3.63, 3.8) is 0 Å². The van der Waals surface area contributed by atoms with Crippen molar-refractivity contribution in [2.75, 3.05) is 5.32 Å². The van der Waals surface area contributed by atoms with E-state index in [1.54, 1.807) is 6.08 Å². The fraction of sp³-hybridized carbons (Fsp3) is 0. The van der Waals surface area contributed by atoms with E-state index < -0.39 is 0 Å². The molecule has 4 heteroatoms. The van der Waals surface area contributed by atoms with Crippen LogP contribution in [0.1, 0.15) is 5.56 Å². The highest BCUT2D eigenvalue weighted by Gasteiger charge is 2.01. The van der Waals surface area contributed by atoms with Gasteiger partial charge in [-0.2, -0.15) is 0 Å². The Morgan fingerprint density at radius 2 is 1.58 bits per heavy atom. The number of carbonyl (C=O) groups is 1. The molecule has 0 aliphatic rings. The third-order valence-corrected chi connectivity index (χ3v) is 3.86. The molecule has 2 aromatic rings. The molecule has 0 spiro atoms. The van der Waals surface area contributed by atoms with Gasteiger partial charge in [0.25, 0.3) is 0 Å². The average molecular weight is 381 g/mol. The second-order valence-corrected chi connectivity index (χ2v) is 5.53. The molecule has 2 rings (SSSR count). The fourth-order valence-corrected chi connectivity index (χ4v) is 2.31. The van der Waals surface area contributed by atoms with E-state index in [2.05, 4.69) is 37.2 Å². The highest BCUT2D eigenvalue weighted by molar-refractivity contribution is 9.11. The van der Waals surface area contributed by atoms with Crippen LogP contribution >= 0.6 is 31.9 Å². The SMILES string of the molecule is O=C(/C=C/c1ccccc1Br)Nc1ccccc1Br. The molecule has 0 saturated heterocycles. The van der Waals surface area contributed by atoms with Crippen molar-refractivity contribution in [2.45, 2.75) is 0 Å². The number of anilines is 1. The molecule has 0 fully saturated rings. The van der Waals surface area contributed by atoms with Crippen molar-refractivity contribution in [1.82, 2.24) is 0 Å². The Kier molecular flexibility index (Phi) is 4.93. The number of halogens is 2. The van der Waals surface area contributed by atoms with Gasteiger partial charge in [0.1, 0.15) is 0 Å². The van der Waals surface area contributed by atoms with Gasteiger partial charge in [0.05, 0.1) is 5.69 Å². The summed E-state index contributed by atoms with van der Waals surface area (Å²) in [6.45, 7) is 0. The molecule has 0 saturated carbocycles. The molecule has 0 atom stereocenters. The molecule has 2 aromatic carbocycles. The minimum atomic E-state index is -0.164. The molecule has 1 N–H and O–H groups in total. The van der Waals surface area contributed by atoms with E-state index >= 15 is 0 Å². The third kappa shape index (κ3) is 4.04. The normalized spacial score (nSPS) is 10.6. The topological polar surface area (TPSA) is 29.1 Å². The number of amides is 1. The number of benzene rings is 2. The van der Waals surface area contributed by atoms with Gasteiger partial charge in [0.15, 0.2) is 0 Å². The summed E-state index contributed by atoms with van der Waals surface area (Å²) >= 11 is 6.82. The van der Waals surface area contributed by atoms with Gasteiger partial charge in [-0.25, -0.2) is 0 Å². The van der Waals surface area contributed by atoms with Gasteiger partial charge in [-0.15, -0.1) is 0 Å². The van der Waals surface area contributed by atoms with Crippen LogP contribution < -0.4 is 5.32 Å². The molecule has 0 unspecified atom stereocenters. The van der Waals surface area contributed by atoms with E-state index in [0.29, 0.717) is 0 Å². The molecule has 0 aliphatic carbocycles. The standard InChI is InChI=1S/C15H11Br2NO/c16-12-6-2-1-5-11(12)9-10-15(19)18-14-8-4-3-7-13(14)17/h1-10H,(H,18,19)/b10-9+. The zero-order chi connectivity index (χ0) is 13.7. The summed E-state index contributed by atoms with van der Waals surface area (Å²) in [5, 5.41) is 2.81. The number of rotatable bonds is 3. The summed E-state index contributed by atoms with van der Waals surface area (Å²) in [7, 11) is 0. The van der Waals surface area contributed by atoms with Crippen LogP contribution in [0, 0.1) is 0 Å². The fourth-order valence-electron chi connectivity index (χ4n) is 1.51. The Bertz CT molecular complexity index is 623. The molecule has 0 heterocycles. The maximum absolute atomic E-state index is 11.8. The number of hydrogen-bond acceptors (Lipinski definition) is 1. The van der Waals surface area contributed by atoms with Gasteiger partial charge in [0, 0.05) is 15.0 Å². The summed E-state index contributed by atoms with van der Waals surface area (Å²) in [4.78, 5) is 11.8. The Morgan fingerprint density at radius 3 is 2.26 bits per heavy atom. The first-order chi connectivity index (χ1) is 9.16. The molecule has 1 amide bonds. The van der Waals surface area contributed by atoms with E-state index in [1.165, 1.54) is 6.08 Å². The van der Waals surface area contributed by atoms with Crippen LogP contribution in [0.4, 0.5) is 5.69 Å². The summed E-state index contributed by atoms with van der Waals surface area (Å²) in [6.07, 6.45) is 3.29. The lowest BCUT2D eigenvalue weighted by Gasteiger charge is -2.04. The molecule has 0 bridgehead atoms. The van der Waals surface area contributed by atoms with Crippen molar-refractivity contribution < 1.29 is 4.79 Å². The predicted octanol–water partition coefficient (Wildman–Crippen LogP) is 4.86. The van der Waals surface area contributed by atoms with Crippen LogP contribution in [0.15, 0.2) is 63.6 Å². The van der Waals surface area contributed by atoms with Crippen LogP contribution in [0.25, 0.3) is 6.08 Å². The molecule has 0 aliphatic heterocycles. The smallest absolute Gasteiger partial charge is 0.248 e. The summed E-state index contributed by atoms with van der Waals surface area (Å²) in [5.41, 5.74) is 1.72. The Balaban J connectivity index is 2.06. The van der Waals surface area contributed by atoms with Gasteiger partial charge in [-0.1, -0.05) is 46.3 Å². The largest absolute Gasteiger partial charge is 0.321 e. The number of nitrogens with one attached hydrogen (secondary N) is 1. The summed E-state index contributed by atoms with van der Waals surface area (Å²) in [6, 6.07) is 15.2. The van der Waals surface area contributed by atoms with Crippen molar-refractivity contribution in [1.29, 1.82) is 0 Å². The van der Waals surface area contributed by atoms with Crippen LogP contribution in [0.3, 0.4) is 0 Å². The van der Waals surface area contributed by atoms with Crippen LogP contribution in [0.2, 0.25) is 0 Å². The molecular weight excluding hydrogens is 370 g/mol. The van der Waals surface area contributed by atoms with Crippen molar-refractivity contribution in [2.24, 2.45) is 0 Å². The van der Waals surface area contributed by atoms with Gasteiger partial charge in [0.2, 0.25) is 5.91 Å². The van der Waals surface area contributed by atoms with E-state index in [9.17, 15) is 4.79 Å². The average Bonchev–Trinajstić information content (AvgIpc) is 2.40. The van der Waals surface area contributed by atoms with Crippen LogP contribution in [-0.2, 0) is 4.79 Å². The number of para-hydroxylation sites is 1. The Labute approximate surface area is 128 Å². The lowest BCUT2D eigenvalue weighted by molar-refractivity contribution is -0.111. The van der Waals surface area contributed by atoms with Crippen molar-refractivity contribution >= 4 is 49.5 Å². The monoisotopic (exact) mass is 379 g/mol. The molecule has 19 heavy (non-hydrogen) atoms. The zero-order valence-corrected chi connectivity index (χ0v) is 13.1. The molecule has 0 aromatic heterocycles. The van der Waals surface area contributed by atoms with Gasteiger partial charge in [-0.05, 0) is 45.8 Å². The quantitative estimate of drug-likeness (QED) is 0.756. The molecule has 96 valence electrons. The van der Waals surface area contributed by atoms with Crippen molar-refractivity contribution in [3.8, 4) is 0 Å². The highest BCUT2D eigenvalue weighted by Crippen LogP contribution is 2.21. The lowest BCUT2D eigenvalue weighted by atomic mass is 10.2. The van der Waals surface area contributed by atoms with Crippen molar-refractivity contribution in [3.05, 3.63) is 69.1 Å². The summed E-state index contributed by atoms with van der Waals surface area (Å²) in [5.74, 6) is -0.164. The van der Waals surface area contributed by atoms with E-state index in [1.807, 2.05) is 48.5 Å². The molecular formula is C15H11Br2NO. The van der Waals surface area contributed by atoms with E-state index in [4.69, 9.17) is 0 Å². The van der Waals surface area contributed by atoms with Gasteiger partial charge < -0.3 is 5.32 Å². The van der Waals surface area contributed by atoms with Gasteiger partial charge >= 0.3 is 0 Å². The zero-order valence-electron chi connectivity index (χ0n) is 9.94. The maximum atomic E-state index is 11.8. The second-order valence-electron chi connectivity index (χ2n) is 3.82. The Hall–Kier alpha value is -1.39.